The molecule has 0 fully saturated rings. The summed E-state index contributed by atoms with van der Waals surface area (Å²) in [7, 11) is 0. The van der Waals surface area contributed by atoms with Gasteiger partial charge in [-0.1, -0.05) is 109 Å². The van der Waals surface area contributed by atoms with Crippen molar-refractivity contribution in [3.05, 3.63) is 164 Å². The minimum atomic E-state index is 0.696. The van der Waals surface area contributed by atoms with Gasteiger partial charge in [-0.2, -0.15) is 0 Å². The van der Waals surface area contributed by atoms with Crippen molar-refractivity contribution in [2.24, 2.45) is 0 Å². The molecule has 9 aromatic carbocycles. The molecular weight excluding hydrogens is 691 g/mol. The molecule has 0 amide bonds. The van der Waals surface area contributed by atoms with Gasteiger partial charge >= 0.3 is 0 Å². The van der Waals surface area contributed by atoms with Gasteiger partial charge in [0.1, 0.15) is 11.2 Å². The average molecular weight is 718 g/mol. The number of aromatic nitrogens is 3. The molecule has 0 spiro atoms. The van der Waals surface area contributed by atoms with E-state index >= 15 is 0 Å². The van der Waals surface area contributed by atoms with E-state index in [2.05, 4.69) is 150 Å². The van der Waals surface area contributed by atoms with Crippen LogP contribution in [0.5, 0.6) is 0 Å². The van der Waals surface area contributed by atoms with Crippen LogP contribution in [0.3, 0.4) is 0 Å². The predicted octanol–water partition coefficient (Wildman–Crippen LogP) is 14.1. The zero-order chi connectivity index (χ0) is 35.8. The van der Waals surface area contributed by atoms with E-state index in [0.717, 1.165) is 66.1 Å². The average Bonchev–Trinajstić information content (AvgIpc) is 3.74. The molecule has 0 atom stereocenters. The Bertz CT molecular complexity index is 3630. The molecule has 0 aliphatic heterocycles. The molecule has 5 heteroatoms. The van der Waals surface area contributed by atoms with Gasteiger partial charge in [-0.3, -0.25) is 0 Å². The van der Waals surface area contributed by atoms with Crippen molar-refractivity contribution in [3.63, 3.8) is 0 Å². The molecule has 13 aromatic rings. The van der Waals surface area contributed by atoms with Crippen molar-refractivity contribution in [2.75, 3.05) is 0 Å². The first-order chi connectivity index (χ1) is 27.3. The Hall–Kier alpha value is -7.08. The van der Waals surface area contributed by atoms with E-state index in [4.69, 9.17) is 14.4 Å². The third-order valence-corrected chi connectivity index (χ3v) is 12.7. The fraction of sp³-hybridized carbons (Fsp3) is 0. The first-order valence-electron chi connectivity index (χ1n) is 18.6. The fourth-order valence-corrected chi connectivity index (χ4v) is 10.4. The third kappa shape index (κ3) is 3.94. The number of nitrogens with zero attached hydrogens (tertiary/aromatic N) is 3. The summed E-state index contributed by atoms with van der Waals surface area (Å²) in [5.74, 6) is 0.696. The molecule has 13 rings (SSSR count). The highest BCUT2D eigenvalue weighted by molar-refractivity contribution is 7.24. The Labute approximate surface area is 317 Å². The number of benzene rings is 9. The summed E-state index contributed by atoms with van der Waals surface area (Å²) in [6, 6.07) is 58.6. The van der Waals surface area contributed by atoms with Crippen LogP contribution in [0.1, 0.15) is 0 Å². The van der Waals surface area contributed by atoms with Crippen molar-refractivity contribution in [1.29, 1.82) is 0 Å². The Morgan fingerprint density at radius 1 is 0.418 bits per heavy atom. The minimum Gasteiger partial charge on any atom is -0.456 e. The first kappa shape index (κ1) is 29.4. The molecule has 4 aromatic heterocycles. The maximum absolute atomic E-state index is 6.32. The molecule has 254 valence electrons. The fourth-order valence-electron chi connectivity index (χ4n) is 9.27. The Morgan fingerprint density at radius 3 is 1.82 bits per heavy atom. The SMILES string of the molecule is c1ccc2c(-c3cccc4oc5ccccc5c34)nc(-c3ccc(-n4c5ccc6cccc7sc8cccc9ccc4c(c98)c5c67)c4ccccc34)nc2c1. The van der Waals surface area contributed by atoms with Crippen LogP contribution in [-0.4, -0.2) is 14.5 Å². The third-order valence-electron chi connectivity index (χ3n) is 11.6. The van der Waals surface area contributed by atoms with E-state index in [1.807, 2.05) is 29.5 Å². The second-order valence-electron chi connectivity index (χ2n) is 14.4. The predicted molar refractivity (Wildman–Crippen MR) is 231 cm³/mol. The quantitative estimate of drug-likeness (QED) is 0.183. The van der Waals surface area contributed by atoms with Crippen LogP contribution < -0.4 is 0 Å². The summed E-state index contributed by atoms with van der Waals surface area (Å²) in [5, 5.41) is 13.2. The minimum absolute atomic E-state index is 0.696. The molecule has 0 bridgehead atoms. The largest absolute Gasteiger partial charge is 0.456 e. The highest BCUT2D eigenvalue weighted by atomic mass is 32.1. The van der Waals surface area contributed by atoms with E-state index in [1.165, 1.54) is 52.8 Å². The molecule has 0 saturated heterocycles. The Morgan fingerprint density at radius 2 is 1.05 bits per heavy atom. The summed E-state index contributed by atoms with van der Waals surface area (Å²) in [6.45, 7) is 0. The van der Waals surface area contributed by atoms with Gasteiger partial charge in [-0.05, 0) is 70.8 Å². The van der Waals surface area contributed by atoms with Gasteiger partial charge in [0.2, 0.25) is 0 Å². The van der Waals surface area contributed by atoms with Gasteiger partial charge in [0, 0.05) is 63.6 Å². The van der Waals surface area contributed by atoms with Crippen molar-refractivity contribution in [3.8, 4) is 28.3 Å². The smallest absolute Gasteiger partial charge is 0.161 e. The number of para-hydroxylation sites is 2. The van der Waals surface area contributed by atoms with E-state index in [1.54, 1.807) is 0 Å². The standard InChI is InChI=1S/C50H27N3OS/c1-2-13-31-30(12-1)32(50-51-36-17-5-3-14-33(36)49(52-50)35-16-9-19-41-46(35)34-15-4-6-18-40(34)54-41)24-27-37(31)53-38-25-22-28-10-7-20-42-44(28)47(38)48-39(53)26-23-29-11-8-21-43(55-42)45(29)48/h1-27H. The van der Waals surface area contributed by atoms with Crippen LogP contribution in [0, 0.1) is 0 Å². The maximum Gasteiger partial charge on any atom is 0.161 e. The molecule has 0 radical (unpaired) electrons. The topological polar surface area (TPSA) is 43.9 Å². The lowest BCUT2D eigenvalue weighted by atomic mass is 9.99. The normalized spacial score (nSPS) is 12.4. The van der Waals surface area contributed by atoms with Crippen molar-refractivity contribution in [1.82, 2.24) is 14.5 Å². The number of furan rings is 1. The molecule has 0 aliphatic carbocycles. The van der Waals surface area contributed by atoms with Gasteiger partial charge in [0.05, 0.1) is 27.9 Å². The lowest BCUT2D eigenvalue weighted by Gasteiger charge is -2.16. The highest BCUT2D eigenvalue weighted by Gasteiger charge is 2.23. The Balaban J connectivity index is 1.11. The van der Waals surface area contributed by atoms with Crippen LogP contribution in [0.25, 0.3) is 125 Å². The number of hydrogen-bond donors (Lipinski definition) is 0. The molecule has 55 heavy (non-hydrogen) atoms. The summed E-state index contributed by atoms with van der Waals surface area (Å²) >= 11 is 1.89. The molecule has 0 saturated carbocycles. The second kappa shape index (κ2) is 10.8. The van der Waals surface area contributed by atoms with Crippen LogP contribution in [0.15, 0.2) is 168 Å². The van der Waals surface area contributed by atoms with Gasteiger partial charge in [-0.25, -0.2) is 9.97 Å². The van der Waals surface area contributed by atoms with Gasteiger partial charge < -0.3 is 8.98 Å². The molecule has 0 unspecified atom stereocenters. The number of hydrogen-bond acceptors (Lipinski definition) is 4. The van der Waals surface area contributed by atoms with Gasteiger partial charge in [0.25, 0.3) is 0 Å². The van der Waals surface area contributed by atoms with Gasteiger partial charge in [0.15, 0.2) is 5.82 Å². The van der Waals surface area contributed by atoms with E-state index in [0.29, 0.717) is 5.82 Å². The van der Waals surface area contributed by atoms with Crippen molar-refractivity contribution >= 4 is 108 Å². The van der Waals surface area contributed by atoms with Crippen molar-refractivity contribution in [2.45, 2.75) is 0 Å². The first-order valence-corrected chi connectivity index (χ1v) is 19.4. The van der Waals surface area contributed by atoms with Gasteiger partial charge in [-0.15, -0.1) is 11.3 Å². The summed E-state index contributed by atoms with van der Waals surface area (Å²) in [5.41, 5.74) is 9.10. The van der Waals surface area contributed by atoms with E-state index < -0.39 is 0 Å². The molecule has 4 nitrogen and oxygen atoms in total. The lowest BCUT2D eigenvalue weighted by Crippen LogP contribution is -1.99. The lowest BCUT2D eigenvalue weighted by molar-refractivity contribution is 0.669. The number of rotatable bonds is 3. The van der Waals surface area contributed by atoms with E-state index in [-0.39, 0.29) is 0 Å². The van der Waals surface area contributed by atoms with Crippen LogP contribution in [-0.2, 0) is 0 Å². The van der Waals surface area contributed by atoms with Crippen LogP contribution in [0.2, 0.25) is 0 Å². The van der Waals surface area contributed by atoms with Crippen molar-refractivity contribution < 1.29 is 4.42 Å². The number of fused-ring (bicyclic) bond motifs is 5. The van der Waals surface area contributed by atoms with Crippen LogP contribution >= 0.6 is 11.3 Å². The molecular formula is C50H27N3OS. The summed E-state index contributed by atoms with van der Waals surface area (Å²) < 4.78 is 11.4. The van der Waals surface area contributed by atoms with Crippen LogP contribution in [0.4, 0.5) is 0 Å². The second-order valence-corrected chi connectivity index (χ2v) is 15.5. The zero-order valence-electron chi connectivity index (χ0n) is 29.2. The molecule has 0 aliphatic rings. The molecule has 4 heterocycles. The summed E-state index contributed by atoms with van der Waals surface area (Å²) in [4.78, 5) is 10.7. The highest BCUT2D eigenvalue weighted by Crippen LogP contribution is 2.47. The monoisotopic (exact) mass is 717 g/mol. The maximum atomic E-state index is 6.32. The zero-order valence-corrected chi connectivity index (χ0v) is 30.1. The van der Waals surface area contributed by atoms with E-state index in [9.17, 15) is 0 Å². The summed E-state index contributed by atoms with van der Waals surface area (Å²) in [6.07, 6.45) is 0. The molecule has 0 N–H and O–H groups in total. The Kier molecular flexibility index (Phi) is 5.74.